The number of hydrogen-bond acceptors (Lipinski definition) is 4. The number of amides is 1. The molecule has 1 aromatic heterocycles. The molecule has 23 heavy (non-hydrogen) atoms. The minimum absolute atomic E-state index is 0.198. The molecule has 0 saturated carbocycles. The van der Waals surface area contributed by atoms with Crippen molar-refractivity contribution in [1.82, 2.24) is 5.32 Å². The summed E-state index contributed by atoms with van der Waals surface area (Å²) in [6, 6.07) is 11.9. The van der Waals surface area contributed by atoms with E-state index in [4.69, 9.17) is 4.42 Å². The Hall–Kier alpha value is -1.72. The third-order valence-electron chi connectivity index (χ3n) is 3.45. The number of rotatable bonds is 8. The third-order valence-corrected chi connectivity index (χ3v) is 4.51. The molecule has 0 fully saturated rings. The van der Waals surface area contributed by atoms with E-state index in [1.807, 2.05) is 43.3 Å². The minimum atomic E-state index is -0.358. The van der Waals surface area contributed by atoms with Gasteiger partial charge in [-0.1, -0.05) is 25.1 Å². The topological polar surface area (TPSA) is 62.5 Å². The molecule has 5 heteroatoms. The predicted molar refractivity (Wildman–Crippen MR) is 92.5 cm³/mol. The number of hydrogen-bond donors (Lipinski definition) is 2. The number of aliphatic hydroxyl groups excluding tert-OH is 1. The number of carbonyl (C=O) groups is 1. The quantitative estimate of drug-likeness (QED) is 0.723. The summed E-state index contributed by atoms with van der Waals surface area (Å²) in [7, 11) is 0. The van der Waals surface area contributed by atoms with E-state index in [0.29, 0.717) is 24.5 Å². The molecular formula is C18H23NO3S. The summed E-state index contributed by atoms with van der Waals surface area (Å²) >= 11 is 1.67. The molecule has 0 bridgehead atoms. The van der Waals surface area contributed by atoms with Crippen LogP contribution in [0.2, 0.25) is 0 Å². The highest BCUT2D eigenvalue weighted by Crippen LogP contribution is 2.24. The molecule has 0 aliphatic rings. The fourth-order valence-corrected chi connectivity index (χ4v) is 3.24. The van der Waals surface area contributed by atoms with E-state index < -0.39 is 0 Å². The summed E-state index contributed by atoms with van der Waals surface area (Å²) in [6.45, 7) is 4.28. The van der Waals surface area contributed by atoms with E-state index in [2.05, 4.69) is 5.32 Å². The lowest BCUT2D eigenvalue weighted by molar-refractivity contribution is 0.0911. The van der Waals surface area contributed by atoms with Crippen LogP contribution in [0, 0.1) is 5.92 Å². The molecule has 2 rings (SSSR count). The number of benzene rings is 1. The second-order valence-electron chi connectivity index (χ2n) is 5.78. The van der Waals surface area contributed by atoms with Crippen LogP contribution in [0.25, 0.3) is 0 Å². The van der Waals surface area contributed by atoms with Crippen molar-refractivity contribution in [3.05, 3.63) is 54.0 Å². The van der Waals surface area contributed by atoms with Crippen LogP contribution in [-0.4, -0.2) is 23.7 Å². The predicted octanol–water partition coefficient (Wildman–Crippen LogP) is 3.71. The standard InChI is InChI=1S/C18H23NO3S/c1-13(10-14(2)20)11-19-18(21)17-15(8-9-22-17)12-23-16-6-4-3-5-7-16/h3-9,13-14,20H,10-12H2,1-2H3,(H,19,21). The summed E-state index contributed by atoms with van der Waals surface area (Å²) in [4.78, 5) is 13.4. The van der Waals surface area contributed by atoms with Crippen molar-refractivity contribution in [3.8, 4) is 0 Å². The third kappa shape index (κ3) is 5.77. The molecule has 0 aliphatic heterocycles. The first-order valence-electron chi connectivity index (χ1n) is 7.76. The average Bonchev–Trinajstić information content (AvgIpc) is 2.99. The lowest BCUT2D eigenvalue weighted by Gasteiger charge is -2.13. The van der Waals surface area contributed by atoms with Crippen molar-refractivity contribution < 1.29 is 14.3 Å². The Morgan fingerprint density at radius 3 is 2.70 bits per heavy atom. The lowest BCUT2D eigenvalue weighted by atomic mass is 10.0. The number of nitrogens with one attached hydrogen (secondary N) is 1. The molecule has 4 nitrogen and oxygen atoms in total. The van der Waals surface area contributed by atoms with Crippen molar-refractivity contribution in [2.75, 3.05) is 6.54 Å². The first-order chi connectivity index (χ1) is 11.1. The Bertz CT molecular complexity index is 610. The van der Waals surface area contributed by atoms with Gasteiger partial charge in [-0.15, -0.1) is 11.8 Å². The van der Waals surface area contributed by atoms with Gasteiger partial charge in [-0.3, -0.25) is 4.79 Å². The Kier molecular flexibility index (Phi) is 6.74. The molecule has 124 valence electrons. The van der Waals surface area contributed by atoms with Crippen LogP contribution < -0.4 is 5.32 Å². The zero-order chi connectivity index (χ0) is 16.7. The van der Waals surface area contributed by atoms with Crippen LogP contribution in [0.5, 0.6) is 0 Å². The molecule has 0 spiro atoms. The molecule has 0 aliphatic carbocycles. The summed E-state index contributed by atoms with van der Waals surface area (Å²) in [6.07, 6.45) is 1.85. The van der Waals surface area contributed by atoms with Gasteiger partial charge >= 0.3 is 0 Å². The Labute approximate surface area is 141 Å². The second-order valence-corrected chi connectivity index (χ2v) is 6.83. The highest BCUT2D eigenvalue weighted by Gasteiger charge is 2.16. The fraction of sp³-hybridized carbons (Fsp3) is 0.389. The zero-order valence-electron chi connectivity index (χ0n) is 13.5. The maximum atomic E-state index is 12.3. The average molecular weight is 333 g/mol. The molecule has 2 unspecified atom stereocenters. The van der Waals surface area contributed by atoms with Gasteiger partial charge in [0.15, 0.2) is 5.76 Å². The SMILES string of the molecule is CC(O)CC(C)CNC(=O)c1occc1CSc1ccccc1. The van der Waals surface area contributed by atoms with Crippen LogP contribution in [-0.2, 0) is 5.75 Å². The van der Waals surface area contributed by atoms with E-state index in [1.54, 1.807) is 24.9 Å². The van der Waals surface area contributed by atoms with E-state index in [9.17, 15) is 9.90 Å². The molecule has 0 radical (unpaired) electrons. The van der Waals surface area contributed by atoms with Gasteiger partial charge in [-0.2, -0.15) is 0 Å². The van der Waals surface area contributed by atoms with Crippen molar-refractivity contribution in [3.63, 3.8) is 0 Å². The zero-order valence-corrected chi connectivity index (χ0v) is 14.3. The highest BCUT2D eigenvalue weighted by molar-refractivity contribution is 7.98. The van der Waals surface area contributed by atoms with Crippen molar-refractivity contribution in [2.24, 2.45) is 5.92 Å². The Morgan fingerprint density at radius 1 is 1.26 bits per heavy atom. The second kappa shape index (κ2) is 8.79. The molecule has 1 aromatic carbocycles. The van der Waals surface area contributed by atoms with E-state index >= 15 is 0 Å². The lowest BCUT2D eigenvalue weighted by Crippen LogP contribution is -2.29. The molecule has 0 saturated heterocycles. The normalized spacial score (nSPS) is 13.5. The summed E-state index contributed by atoms with van der Waals surface area (Å²) < 4.78 is 5.35. The number of thioether (sulfide) groups is 1. The van der Waals surface area contributed by atoms with E-state index in [0.717, 1.165) is 10.5 Å². The number of aliphatic hydroxyl groups is 1. The van der Waals surface area contributed by atoms with Gasteiger partial charge in [-0.05, 0) is 37.5 Å². The van der Waals surface area contributed by atoms with Crippen LogP contribution in [0.4, 0.5) is 0 Å². The van der Waals surface area contributed by atoms with Crippen LogP contribution in [0.1, 0.15) is 36.4 Å². The van der Waals surface area contributed by atoms with E-state index in [-0.39, 0.29) is 17.9 Å². The van der Waals surface area contributed by atoms with Gasteiger partial charge in [0.05, 0.1) is 12.4 Å². The molecular weight excluding hydrogens is 310 g/mol. The van der Waals surface area contributed by atoms with Gasteiger partial charge in [0.2, 0.25) is 0 Å². The van der Waals surface area contributed by atoms with Crippen LogP contribution >= 0.6 is 11.8 Å². The van der Waals surface area contributed by atoms with Crippen molar-refractivity contribution in [1.29, 1.82) is 0 Å². The van der Waals surface area contributed by atoms with Crippen molar-refractivity contribution >= 4 is 17.7 Å². The summed E-state index contributed by atoms with van der Waals surface area (Å²) in [5, 5.41) is 12.2. The molecule has 1 amide bonds. The monoisotopic (exact) mass is 333 g/mol. The van der Waals surface area contributed by atoms with Gasteiger partial charge in [0, 0.05) is 22.8 Å². The largest absolute Gasteiger partial charge is 0.459 e. The van der Waals surface area contributed by atoms with Crippen molar-refractivity contribution in [2.45, 2.75) is 37.0 Å². The molecule has 2 N–H and O–H groups in total. The smallest absolute Gasteiger partial charge is 0.287 e. The molecule has 1 heterocycles. The minimum Gasteiger partial charge on any atom is -0.459 e. The van der Waals surface area contributed by atoms with Gasteiger partial charge in [0.25, 0.3) is 5.91 Å². The number of carbonyl (C=O) groups excluding carboxylic acids is 1. The highest BCUT2D eigenvalue weighted by atomic mass is 32.2. The van der Waals surface area contributed by atoms with Gasteiger partial charge in [-0.25, -0.2) is 0 Å². The van der Waals surface area contributed by atoms with Crippen LogP contribution in [0.15, 0.2) is 52.0 Å². The Morgan fingerprint density at radius 2 is 2.00 bits per heavy atom. The summed E-state index contributed by atoms with van der Waals surface area (Å²) in [5.74, 6) is 1.08. The molecule has 2 aromatic rings. The van der Waals surface area contributed by atoms with E-state index in [1.165, 1.54) is 0 Å². The maximum Gasteiger partial charge on any atom is 0.287 e. The summed E-state index contributed by atoms with van der Waals surface area (Å²) in [5.41, 5.74) is 0.888. The molecule has 2 atom stereocenters. The maximum absolute atomic E-state index is 12.3. The first kappa shape index (κ1) is 17.6. The first-order valence-corrected chi connectivity index (χ1v) is 8.75. The van der Waals surface area contributed by atoms with Crippen LogP contribution in [0.3, 0.4) is 0 Å². The Balaban J connectivity index is 1.88. The fourth-order valence-electron chi connectivity index (χ4n) is 2.34. The number of furan rings is 1. The van der Waals surface area contributed by atoms with Gasteiger partial charge in [0.1, 0.15) is 0 Å². The van der Waals surface area contributed by atoms with Gasteiger partial charge < -0.3 is 14.8 Å².